The van der Waals surface area contributed by atoms with E-state index in [1.807, 2.05) is 6.92 Å². The molecular formula is C12H13F2N3. The first kappa shape index (κ1) is 11.7. The van der Waals surface area contributed by atoms with Gasteiger partial charge in [-0.05, 0) is 25.1 Å². The zero-order chi connectivity index (χ0) is 12.4. The highest BCUT2D eigenvalue weighted by Crippen LogP contribution is 2.12. The number of aromatic nitrogens is 2. The van der Waals surface area contributed by atoms with Gasteiger partial charge in [0.05, 0.1) is 12.2 Å². The lowest BCUT2D eigenvalue weighted by Crippen LogP contribution is -2.03. The molecule has 2 rings (SSSR count). The SMILES string of the molecule is Cc1nn(Cc2cc(F)ccc2F)cc1CN. The van der Waals surface area contributed by atoms with E-state index in [2.05, 4.69) is 5.10 Å². The van der Waals surface area contributed by atoms with E-state index in [1.165, 1.54) is 6.07 Å². The van der Waals surface area contributed by atoms with Gasteiger partial charge in [0.15, 0.2) is 0 Å². The molecule has 3 nitrogen and oxygen atoms in total. The van der Waals surface area contributed by atoms with E-state index in [0.717, 1.165) is 23.4 Å². The van der Waals surface area contributed by atoms with Gasteiger partial charge in [-0.3, -0.25) is 4.68 Å². The van der Waals surface area contributed by atoms with Crippen molar-refractivity contribution in [3.05, 3.63) is 52.9 Å². The summed E-state index contributed by atoms with van der Waals surface area (Å²) >= 11 is 0. The number of aryl methyl sites for hydroxylation is 1. The summed E-state index contributed by atoms with van der Waals surface area (Å²) in [6.45, 7) is 2.42. The van der Waals surface area contributed by atoms with Crippen LogP contribution in [0.4, 0.5) is 8.78 Å². The summed E-state index contributed by atoms with van der Waals surface area (Å²) in [5.74, 6) is -0.891. The Bertz CT molecular complexity index is 535. The summed E-state index contributed by atoms with van der Waals surface area (Å²) in [7, 11) is 0. The number of nitrogens with two attached hydrogens (primary N) is 1. The van der Waals surface area contributed by atoms with E-state index in [1.54, 1.807) is 10.9 Å². The van der Waals surface area contributed by atoms with Crippen LogP contribution in [0.25, 0.3) is 0 Å². The third-order valence-corrected chi connectivity index (χ3v) is 2.61. The maximum absolute atomic E-state index is 13.4. The summed E-state index contributed by atoms with van der Waals surface area (Å²) in [5.41, 5.74) is 7.51. The molecule has 90 valence electrons. The van der Waals surface area contributed by atoms with Crippen molar-refractivity contribution in [1.29, 1.82) is 0 Å². The number of hydrogen-bond donors (Lipinski definition) is 1. The second kappa shape index (κ2) is 4.63. The van der Waals surface area contributed by atoms with Crippen LogP contribution in [0.3, 0.4) is 0 Å². The van der Waals surface area contributed by atoms with Crippen molar-refractivity contribution in [2.75, 3.05) is 0 Å². The molecule has 17 heavy (non-hydrogen) atoms. The van der Waals surface area contributed by atoms with Crippen molar-refractivity contribution < 1.29 is 8.78 Å². The van der Waals surface area contributed by atoms with E-state index in [4.69, 9.17) is 5.73 Å². The van der Waals surface area contributed by atoms with Crippen LogP contribution in [0.15, 0.2) is 24.4 Å². The van der Waals surface area contributed by atoms with E-state index in [-0.39, 0.29) is 12.1 Å². The highest BCUT2D eigenvalue weighted by molar-refractivity contribution is 5.20. The smallest absolute Gasteiger partial charge is 0.128 e. The highest BCUT2D eigenvalue weighted by Gasteiger charge is 2.07. The average molecular weight is 237 g/mol. The van der Waals surface area contributed by atoms with Crippen LogP contribution >= 0.6 is 0 Å². The second-order valence-electron chi connectivity index (χ2n) is 3.88. The van der Waals surface area contributed by atoms with E-state index in [9.17, 15) is 8.78 Å². The molecule has 0 fully saturated rings. The summed E-state index contributed by atoms with van der Waals surface area (Å²) in [6.07, 6.45) is 1.75. The number of nitrogens with zero attached hydrogens (tertiary/aromatic N) is 2. The molecule has 1 aromatic carbocycles. The minimum absolute atomic E-state index is 0.199. The lowest BCUT2D eigenvalue weighted by molar-refractivity contribution is 0.565. The van der Waals surface area contributed by atoms with Crippen molar-refractivity contribution >= 4 is 0 Å². The number of rotatable bonds is 3. The molecule has 5 heteroatoms. The molecule has 0 atom stereocenters. The minimum atomic E-state index is -0.454. The lowest BCUT2D eigenvalue weighted by Gasteiger charge is -2.03. The van der Waals surface area contributed by atoms with Crippen molar-refractivity contribution in [3.63, 3.8) is 0 Å². The van der Waals surface area contributed by atoms with Gasteiger partial charge < -0.3 is 5.73 Å². The number of hydrogen-bond acceptors (Lipinski definition) is 2. The molecule has 0 aliphatic carbocycles. The zero-order valence-electron chi connectivity index (χ0n) is 9.45. The van der Waals surface area contributed by atoms with Crippen LogP contribution in [-0.2, 0) is 13.1 Å². The average Bonchev–Trinajstić information content (AvgIpc) is 2.64. The molecule has 0 unspecified atom stereocenters. The topological polar surface area (TPSA) is 43.8 Å². The molecule has 0 aliphatic heterocycles. The quantitative estimate of drug-likeness (QED) is 0.887. The van der Waals surface area contributed by atoms with Crippen LogP contribution in [0.2, 0.25) is 0 Å². The number of halogens is 2. The van der Waals surface area contributed by atoms with Gasteiger partial charge in [-0.25, -0.2) is 8.78 Å². The predicted octanol–water partition coefficient (Wildman–Crippen LogP) is 1.98. The first-order chi connectivity index (χ1) is 8.10. The Hall–Kier alpha value is -1.75. The predicted molar refractivity (Wildman–Crippen MR) is 60.3 cm³/mol. The monoisotopic (exact) mass is 237 g/mol. The Morgan fingerprint density at radius 3 is 2.71 bits per heavy atom. The molecule has 0 saturated carbocycles. The Kier molecular flexibility index (Phi) is 3.19. The fraction of sp³-hybridized carbons (Fsp3) is 0.250. The van der Waals surface area contributed by atoms with Gasteiger partial charge in [-0.15, -0.1) is 0 Å². The summed E-state index contributed by atoms with van der Waals surface area (Å²) in [4.78, 5) is 0. The van der Waals surface area contributed by atoms with Gasteiger partial charge in [0, 0.05) is 23.9 Å². The molecule has 0 amide bonds. The van der Waals surface area contributed by atoms with Crippen LogP contribution in [0.1, 0.15) is 16.8 Å². The Morgan fingerprint density at radius 1 is 1.29 bits per heavy atom. The van der Waals surface area contributed by atoms with Gasteiger partial charge in [0.25, 0.3) is 0 Å². The third-order valence-electron chi connectivity index (χ3n) is 2.61. The van der Waals surface area contributed by atoms with Gasteiger partial charge in [-0.1, -0.05) is 0 Å². The molecule has 2 N–H and O–H groups in total. The highest BCUT2D eigenvalue weighted by atomic mass is 19.1. The van der Waals surface area contributed by atoms with Crippen molar-refractivity contribution in [2.24, 2.45) is 5.73 Å². The second-order valence-corrected chi connectivity index (χ2v) is 3.88. The van der Waals surface area contributed by atoms with E-state index < -0.39 is 11.6 Å². The summed E-state index contributed by atoms with van der Waals surface area (Å²) < 4.78 is 28.0. The van der Waals surface area contributed by atoms with Gasteiger partial charge >= 0.3 is 0 Å². The third kappa shape index (κ3) is 2.50. The van der Waals surface area contributed by atoms with Gasteiger partial charge in [0.2, 0.25) is 0 Å². The van der Waals surface area contributed by atoms with Crippen LogP contribution in [-0.4, -0.2) is 9.78 Å². The van der Waals surface area contributed by atoms with Crippen LogP contribution < -0.4 is 5.73 Å². The first-order valence-electron chi connectivity index (χ1n) is 5.27. The molecule has 0 saturated heterocycles. The minimum Gasteiger partial charge on any atom is -0.326 e. The van der Waals surface area contributed by atoms with Gasteiger partial charge in [0.1, 0.15) is 11.6 Å². The standard InChI is InChI=1S/C12H13F2N3/c1-8-10(5-15)7-17(16-8)6-9-4-11(13)2-3-12(9)14/h2-4,7H,5-6,15H2,1H3. The van der Waals surface area contributed by atoms with Crippen molar-refractivity contribution in [2.45, 2.75) is 20.0 Å². The first-order valence-corrected chi connectivity index (χ1v) is 5.27. The zero-order valence-corrected chi connectivity index (χ0v) is 9.45. The number of benzene rings is 1. The molecular weight excluding hydrogens is 224 g/mol. The Labute approximate surface area is 97.9 Å². The molecule has 1 aromatic heterocycles. The van der Waals surface area contributed by atoms with Crippen LogP contribution in [0, 0.1) is 18.6 Å². The van der Waals surface area contributed by atoms with Crippen LogP contribution in [0.5, 0.6) is 0 Å². The molecule has 0 radical (unpaired) electrons. The van der Waals surface area contributed by atoms with Crippen molar-refractivity contribution in [1.82, 2.24) is 9.78 Å². The van der Waals surface area contributed by atoms with Crippen molar-refractivity contribution in [3.8, 4) is 0 Å². The maximum Gasteiger partial charge on any atom is 0.128 e. The fourth-order valence-electron chi connectivity index (χ4n) is 1.68. The molecule has 0 aliphatic rings. The summed E-state index contributed by atoms with van der Waals surface area (Å²) in [5, 5.41) is 4.20. The maximum atomic E-state index is 13.4. The molecule has 0 bridgehead atoms. The van der Waals surface area contributed by atoms with E-state index in [0.29, 0.717) is 6.54 Å². The van der Waals surface area contributed by atoms with E-state index >= 15 is 0 Å². The Balaban J connectivity index is 2.27. The fourth-order valence-corrected chi connectivity index (χ4v) is 1.68. The lowest BCUT2D eigenvalue weighted by atomic mass is 10.2. The largest absolute Gasteiger partial charge is 0.326 e. The molecule has 1 heterocycles. The normalized spacial score (nSPS) is 10.8. The molecule has 2 aromatic rings. The Morgan fingerprint density at radius 2 is 2.06 bits per heavy atom. The van der Waals surface area contributed by atoms with Gasteiger partial charge in [-0.2, -0.15) is 5.10 Å². The molecule has 0 spiro atoms. The summed E-state index contributed by atoms with van der Waals surface area (Å²) in [6, 6.07) is 3.39.